The average Bonchev–Trinajstić information content (AvgIpc) is 3.24. The highest BCUT2D eigenvalue weighted by atomic mass is 16.6. The van der Waals surface area contributed by atoms with Crippen molar-refractivity contribution >= 4 is 23.0 Å². The molecule has 0 amide bonds. The van der Waals surface area contributed by atoms with Gasteiger partial charge in [-0.1, -0.05) is 18.2 Å². The molecule has 6 rings (SSSR count). The van der Waals surface area contributed by atoms with E-state index < -0.39 is 5.60 Å². The Morgan fingerprint density at radius 3 is 2.20 bits per heavy atom. The molecule has 0 saturated heterocycles. The normalized spacial score (nSPS) is 16.6. The van der Waals surface area contributed by atoms with Crippen LogP contribution in [0, 0.1) is 34.6 Å². The molecule has 40 heavy (non-hydrogen) atoms. The molecule has 5 heteroatoms. The summed E-state index contributed by atoms with van der Waals surface area (Å²) in [7, 11) is 0. The van der Waals surface area contributed by atoms with Crippen molar-refractivity contribution in [1.82, 2.24) is 0 Å². The summed E-state index contributed by atoms with van der Waals surface area (Å²) in [4.78, 5) is 15.6. The molecule has 0 radical (unpaired) electrons. The van der Waals surface area contributed by atoms with E-state index in [1.807, 2.05) is 24.3 Å². The Morgan fingerprint density at radius 1 is 0.725 bits per heavy atom. The van der Waals surface area contributed by atoms with Crippen LogP contribution in [0.4, 0.5) is 17.1 Å². The van der Waals surface area contributed by atoms with Crippen molar-refractivity contribution in [2.45, 2.75) is 54.1 Å². The van der Waals surface area contributed by atoms with Gasteiger partial charge in [-0.05, 0) is 113 Å². The van der Waals surface area contributed by atoms with Gasteiger partial charge in [0, 0.05) is 52.9 Å². The largest absolute Gasteiger partial charge is 0.456 e. The monoisotopic (exact) mass is 532 g/mol. The molecule has 2 heterocycles. The van der Waals surface area contributed by atoms with Gasteiger partial charge in [-0.25, -0.2) is 4.79 Å². The summed E-state index contributed by atoms with van der Waals surface area (Å²) in [5.74, 6) is 1.09. The van der Waals surface area contributed by atoms with Crippen molar-refractivity contribution in [3.8, 4) is 11.5 Å². The maximum absolute atomic E-state index is 13.3. The predicted molar refractivity (Wildman–Crippen MR) is 162 cm³/mol. The van der Waals surface area contributed by atoms with E-state index >= 15 is 0 Å². The number of rotatable bonds is 5. The van der Waals surface area contributed by atoms with Crippen LogP contribution in [0.2, 0.25) is 0 Å². The lowest BCUT2D eigenvalue weighted by Crippen LogP contribution is -2.33. The minimum absolute atomic E-state index is 0.321. The summed E-state index contributed by atoms with van der Waals surface area (Å²) in [6.07, 6.45) is 0. The van der Waals surface area contributed by atoms with Crippen molar-refractivity contribution in [3.63, 3.8) is 0 Å². The Labute approximate surface area is 236 Å². The van der Waals surface area contributed by atoms with Crippen molar-refractivity contribution in [1.29, 1.82) is 0 Å². The zero-order valence-electron chi connectivity index (χ0n) is 24.4. The number of ether oxygens (including phenoxy) is 2. The van der Waals surface area contributed by atoms with Gasteiger partial charge >= 0.3 is 5.97 Å². The fourth-order valence-electron chi connectivity index (χ4n) is 6.22. The van der Waals surface area contributed by atoms with E-state index in [1.54, 1.807) is 0 Å². The first-order valence-corrected chi connectivity index (χ1v) is 14.1. The quantitative estimate of drug-likeness (QED) is 0.262. The molecule has 4 aromatic carbocycles. The third-order valence-electron chi connectivity index (χ3n) is 8.92. The van der Waals surface area contributed by atoms with Crippen LogP contribution in [0.25, 0.3) is 0 Å². The Kier molecular flexibility index (Phi) is 6.14. The second-order valence-electron chi connectivity index (χ2n) is 11.0. The minimum Gasteiger partial charge on any atom is -0.456 e. The highest BCUT2D eigenvalue weighted by Crippen LogP contribution is 2.57. The third-order valence-corrected chi connectivity index (χ3v) is 8.92. The lowest BCUT2D eigenvalue weighted by molar-refractivity contribution is 0.0224. The molecule has 0 bridgehead atoms. The van der Waals surface area contributed by atoms with E-state index in [0.29, 0.717) is 17.1 Å². The molecule has 204 valence electrons. The number of hydrogen-bond acceptors (Lipinski definition) is 5. The molecule has 1 atom stereocenters. The van der Waals surface area contributed by atoms with Crippen LogP contribution in [0.15, 0.2) is 60.7 Å². The Balaban J connectivity index is 1.57. The maximum Gasteiger partial charge on any atom is 0.340 e. The number of esters is 1. The number of nitrogens with zero attached hydrogens (tertiary/aromatic N) is 1. The molecule has 1 N–H and O–H groups in total. The number of fused-ring (bicyclic) bond motifs is 6. The van der Waals surface area contributed by atoms with E-state index in [4.69, 9.17) is 9.47 Å². The predicted octanol–water partition coefficient (Wildman–Crippen LogP) is 8.39. The van der Waals surface area contributed by atoms with Crippen LogP contribution in [0.1, 0.15) is 68.7 Å². The van der Waals surface area contributed by atoms with E-state index in [2.05, 4.69) is 95.1 Å². The van der Waals surface area contributed by atoms with Crippen LogP contribution in [0.3, 0.4) is 0 Å². The molecular weight excluding hydrogens is 496 g/mol. The lowest BCUT2D eigenvalue weighted by Gasteiger charge is -2.37. The van der Waals surface area contributed by atoms with E-state index in [1.165, 1.54) is 22.3 Å². The van der Waals surface area contributed by atoms with Crippen molar-refractivity contribution < 1.29 is 14.3 Å². The molecule has 5 nitrogen and oxygen atoms in total. The number of benzene rings is 4. The number of anilines is 3. The summed E-state index contributed by atoms with van der Waals surface area (Å²) in [6.45, 7) is 16.8. The summed E-state index contributed by atoms with van der Waals surface area (Å²) in [6, 6.07) is 20.3. The SMILES string of the molecule is CCN(CC)c1ccc2c(c1)Oc1cc(C)c(Nc3cc(C)c(C)c(C)c3C)cc1C21OC(=O)c2ccccc21. The van der Waals surface area contributed by atoms with Crippen LogP contribution in [-0.2, 0) is 10.3 Å². The molecule has 1 unspecified atom stereocenters. The van der Waals surface area contributed by atoms with E-state index in [9.17, 15) is 4.79 Å². The summed E-state index contributed by atoms with van der Waals surface area (Å²) in [5, 5.41) is 3.70. The fraction of sp³-hybridized carbons (Fsp3) is 0.286. The highest BCUT2D eigenvalue weighted by Gasteiger charge is 2.53. The van der Waals surface area contributed by atoms with Gasteiger partial charge in [0.15, 0.2) is 5.60 Å². The van der Waals surface area contributed by atoms with Gasteiger partial charge in [-0.15, -0.1) is 0 Å². The molecule has 0 saturated carbocycles. The van der Waals surface area contributed by atoms with Crippen LogP contribution >= 0.6 is 0 Å². The first kappa shape index (κ1) is 26.0. The summed E-state index contributed by atoms with van der Waals surface area (Å²) in [5.41, 5.74) is 11.2. The smallest absolute Gasteiger partial charge is 0.340 e. The Morgan fingerprint density at radius 2 is 1.45 bits per heavy atom. The Hall–Kier alpha value is -4.25. The van der Waals surface area contributed by atoms with Gasteiger partial charge in [-0.3, -0.25) is 0 Å². The Bertz CT molecular complexity index is 1690. The number of carbonyl (C=O) groups is 1. The van der Waals surface area contributed by atoms with Gasteiger partial charge in [0.1, 0.15) is 11.5 Å². The molecule has 2 aliphatic heterocycles. The topological polar surface area (TPSA) is 50.8 Å². The standard InChI is InChI=1S/C35H36N2O3/c1-8-37(9-2)25-14-15-28-33(18-25)39-32-17-21(4)30(36-31-16-20(3)22(5)23(6)24(31)7)19-29(32)35(28)27-13-11-10-12-26(27)34(38)40-35/h10-19,36H,8-9H2,1-7H3. The lowest BCUT2D eigenvalue weighted by atomic mass is 9.77. The second kappa shape index (κ2) is 9.44. The number of nitrogens with one attached hydrogen (secondary N) is 1. The third kappa shape index (κ3) is 3.71. The number of carbonyl (C=O) groups excluding carboxylic acids is 1. The minimum atomic E-state index is -1.10. The van der Waals surface area contributed by atoms with Gasteiger partial charge in [-0.2, -0.15) is 0 Å². The fourth-order valence-corrected chi connectivity index (χ4v) is 6.22. The zero-order chi connectivity index (χ0) is 28.3. The molecule has 2 aliphatic rings. The van der Waals surface area contributed by atoms with Gasteiger partial charge in [0.2, 0.25) is 0 Å². The summed E-state index contributed by atoms with van der Waals surface area (Å²) >= 11 is 0. The van der Waals surface area contributed by atoms with Gasteiger partial charge < -0.3 is 19.7 Å². The highest BCUT2D eigenvalue weighted by molar-refractivity contribution is 5.97. The maximum atomic E-state index is 13.3. The molecule has 0 aromatic heterocycles. The van der Waals surface area contributed by atoms with Gasteiger partial charge in [0.25, 0.3) is 0 Å². The zero-order valence-corrected chi connectivity index (χ0v) is 24.4. The van der Waals surface area contributed by atoms with Crippen molar-refractivity contribution in [2.75, 3.05) is 23.3 Å². The molecule has 0 aliphatic carbocycles. The van der Waals surface area contributed by atoms with Crippen LogP contribution < -0.4 is 15.0 Å². The second-order valence-corrected chi connectivity index (χ2v) is 11.0. The average molecular weight is 533 g/mol. The molecular formula is C35H36N2O3. The first-order chi connectivity index (χ1) is 19.2. The van der Waals surface area contributed by atoms with E-state index in [-0.39, 0.29) is 5.97 Å². The molecule has 0 fully saturated rings. The first-order valence-electron chi connectivity index (χ1n) is 14.1. The number of hydrogen-bond donors (Lipinski definition) is 1. The number of aryl methyl sites for hydroxylation is 2. The van der Waals surface area contributed by atoms with Gasteiger partial charge in [0.05, 0.1) is 5.56 Å². The van der Waals surface area contributed by atoms with Crippen LogP contribution in [0.5, 0.6) is 11.5 Å². The van der Waals surface area contributed by atoms with Crippen molar-refractivity contribution in [3.05, 3.63) is 111 Å². The molecule has 4 aromatic rings. The molecule has 1 spiro atoms. The summed E-state index contributed by atoms with van der Waals surface area (Å²) < 4.78 is 13.0. The van der Waals surface area contributed by atoms with E-state index in [0.717, 1.165) is 52.4 Å². The van der Waals surface area contributed by atoms with Crippen molar-refractivity contribution in [2.24, 2.45) is 0 Å². The van der Waals surface area contributed by atoms with Crippen LogP contribution in [-0.4, -0.2) is 19.1 Å².